The van der Waals surface area contributed by atoms with Crippen molar-refractivity contribution < 1.29 is 0 Å². The summed E-state index contributed by atoms with van der Waals surface area (Å²) in [5.41, 5.74) is 3.49. The van der Waals surface area contributed by atoms with Gasteiger partial charge in [0.2, 0.25) is 0 Å². The number of aromatic nitrogens is 2. The molecule has 4 nitrogen and oxygen atoms in total. The minimum absolute atomic E-state index is 0.677. The van der Waals surface area contributed by atoms with Gasteiger partial charge in [0.1, 0.15) is 5.82 Å². The van der Waals surface area contributed by atoms with Gasteiger partial charge < -0.3 is 10.3 Å². The van der Waals surface area contributed by atoms with Gasteiger partial charge in [0.15, 0.2) is 0 Å². The third kappa shape index (κ3) is 2.80. The van der Waals surface area contributed by atoms with E-state index < -0.39 is 0 Å². The number of hydrogen-bond donors (Lipinski definition) is 2. The quantitative estimate of drug-likeness (QED) is 0.885. The van der Waals surface area contributed by atoms with Crippen LogP contribution in [-0.4, -0.2) is 41.0 Å². The largest absolute Gasteiger partial charge is 0.341 e. The first-order valence-corrected chi connectivity index (χ1v) is 7.08. The summed E-state index contributed by atoms with van der Waals surface area (Å²) in [4.78, 5) is 10.5. The smallest absolute Gasteiger partial charge is 0.121 e. The van der Waals surface area contributed by atoms with E-state index >= 15 is 0 Å². The van der Waals surface area contributed by atoms with Gasteiger partial charge in [-0.2, -0.15) is 0 Å². The molecule has 4 heteroatoms. The number of aromatic amines is 1. The fourth-order valence-electron chi connectivity index (χ4n) is 2.86. The lowest BCUT2D eigenvalue weighted by Gasteiger charge is -2.30. The number of H-pyrrole nitrogens is 1. The maximum atomic E-state index is 4.68. The highest BCUT2D eigenvalue weighted by atomic mass is 15.2. The van der Waals surface area contributed by atoms with E-state index in [0.717, 1.165) is 36.5 Å². The maximum Gasteiger partial charge on any atom is 0.121 e. The maximum absolute atomic E-state index is 4.68. The van der Waals surface area contributed by atoms with Crippen molar-refractivity contribution in [1.82, 2.24) is 20.2 Å². The van der Waals surface area contributed by atoms with Crippen LogP contribution in [0.4, 0.5) is 0 Å². The number of rotatable bonds is 3. The molecule has 1 aromatic heterocycles. The number of hydrogen-bond acceptors (Lipinski definition) is 3. The number of imidazole rings is 1. The summed E-state index contributed by atoms with van der Waals surface area (Å²) in [6.45, 7) is 5.28. The lowest BCUT2D eigenvalue weighted by atomic mass is 10.1. The number of nitrogens with one attached hydrogen (secondary N) is 2. The Balaban J connectivity index is 1.73. The van der Waals surface area contributed by atoms with Crippen LogP contribution in [0.2, 0.25) is 0 Å². The van der Waals surface area contributed by atoms with E-state index in [9.17, 15) is 0 Å². The van der Waals surface area contributed by atoms with Crippen molar-refractivity contribution in [3.8, 4) is 0 Å². The van der Waals surface area contributed by atoms with Crippen LogP contribution in [-0.2, 0) is 6.54 Å². The summed E-state index contributed by atoms with van der Waals surface area (Å²) in [7, 11) is 2.20. The van der Waals surface area contributed by atoms with Gasteiger partial charge in [-0.15, -0.1) is 0 Å². The minimum atomic E-state index is 0.677. The van der Waals surface area contributed by atoms with Crippen molar-refractivity contribution in [1.29, 1.82) is 0 Å². The van der Waals surface area contributed by atoms with Crippen molar-refractivity contribution in [2.75, 3.05) is 20.1 Å². The van der Waals surface area contributed by atoms with Crippen LogP contribution >= 0.6 is 0 Å². The van der Waals surface area contributed by atoms with Gasteiger partial charge in [-0.05, 0) is 57.6 Å². The van der Waals surface area contributed by atoms with Crippen molar-refractivity contribution in [2.45, 2.75) is 32.4 Å². The second kappa shape index (κ2) is 5.31. The van der Waals surface area contributed by atoms with E-state index in [1.165, 1.54) is 18.4 Å². The molecule has 1 fully saturated rings. The number of aryl methyl sites for hydroxylation is 1. The molecule has 0 atom stereocenters. The second-order valence-electron chi connectivity index (χ2n) is 5.60. The molecular weight excluding hydrogens is 236 g/mol. The molecule has 0 radical (unpaired) electrons. The van der Waals surface area contributed by atoms with Crippen molar-refractivity contribution in [2.24, 2.45) is 0 Å². The molecule has 3 rings (SSSR count). The van der Waals surface area contributed by atoms with Gasteiger partial charge in [0, 0.05) is 6.04 Å². The highest BCUT2D eigenvalue weighted by molar-refractivity contribution is 5.75. The van der Waals surface area contributed by atoms with Gasteiger partial charge in [-0.25, -0.2) is 4.98 Å². The third-order valence-electron chi connectivity index (χ3n) is 4.02. The number of nitrogens with zero attached hydrogens (tertiary/aromatic N) is 2. The Morgan fingerprint density at radius 1 is 1.32 bits per heavy atom. The van der Waals surface area contributed by atoms with Crippen molar-refractivity contribution in [3.63, 3.8) is 0 Å². The van der Waals surface area contributed by atoms with Crippen molar-refractivity contribution in [3.05, 3.63) is 29.6 Å². The zero-order valence-electron chi connectivity index (χ0n) is 11.7. The molecule has 0 amide bonds. The molecule has 2 heterocycles. The number of fused-ring (bicyclic) bond motifs is 1. The molecule has 1 aliphatic rings. The van der Waals surface area contributed by atoms with E-state index in [-0.39, 0.29) is 0 Å². The standard InChI is InChI=1S/C15H22N4/c1-11-3-4-13-14(9-11)18-15(17-13)10-19(2)12-5-7-16-8-6-12/h3-4,9,12,16H,5-8,10H2,1-2H3,(H,17,18). The zero-order chi connectivity index (χ0) is 13.2. The van der Waals surface area contributed by atoms with E-state index in [2.05, 4.69) is 52.4 Å². The summed E-state index contributed by atoms with van der Waals surface area (Å²) < 4.78 is 0. The second-order valence-corrected chi connectivity index (χ2v) is 5.60. The Labute approximate surface area is 114 Å². The molecular formula is C15H22N4. The van der Waals surface area contributed by atoms with Gasteiger partial charge in [0.25, 0.3) is 0 Å². The van der Waals surface area contributed by atoms with Gasteiger partial charge >= 0.3 is 0 Å². The topological polar surface area (TPSA) is 44.0 Å². The molecule has 0 saturated carbocycles. The predicted molar refractivity (Wildman–Crippen MR) is 78.2 cm³/mol. The molecule has 1 aliphatic heterocycles. The van der Waals surface area contributed by atoms with Crippen LogP contribution in [0, 0.1) is 6.92 Å². The van der Waals surface area contributed by atoms with E-state index in [4.69, 9.17) is 0 Å². The normalized spacial score (nSPS) is 17.4. The molecule has 2 N–H and O–H groups in total. The van der Waals surface area contributed by atoms with E-state index in [1.54, 1.807) is 0 Å². The van der Waals surface area contributed by atoms with E-state index in [0.29, 0.717) is 6.04 Å². The molecule has 2 aromatic rings. The summed E-state index contributed by atoms with van der Waals surface area (Å²) in [5, 5.41) is 3.41. The fourth-order valence-corrected chi connectivity index (χ4v) is 2.86. The SMILES string of the molecule is Cc1ccc2nc(CN(C)C3CCNCC3)[nH]c2c1. The Bertz CT molecular complexity index is 554. The summed E-state index contributed by atoms with van der Waals surface area (Å²) in [5.74, 6) is 1.07. The molecule has 1 saturated heterocycles. The number of piperidine rings is 1. The molecule has 0 bridgehead atoms. The Kier molecular flexibility index (Phi) is 3.53. The molecule has 0 unspecified atom stereocenters. The molecule has 1 aromatic carbocycles. The average molecular weight is 258 g/mol. The zero-order valence-corrected chi connectivity index (χ0v) is 11.7. The summed E-state index contributed by atoms with van der Waals surface area (Å²) in [6.07, 6.45) is 2.46. The van der Waals surface area contributed by atoms with Crippen LogP contribution in [0.5, 0.6) is 0 Å². The van der Waals surface area contributed by atoms with Crippen LogP contribution < -0.4 is 5.32 Å². The minimum Gasteiger partial charge on any atom is -0.341 e. The molecule has 0 aliphatic carbocycles. The molecule has 102 valence electrons. The Morgan fingerprint density at radius 3 is 2.89 bits per heavy atom. The lowest BCUT2D eigenvalue weighted by Crippen LogP contribution is -2.40. The van der Waals surface area contributed by atoms with Gasteiger partial charge in [-0.3, -0.25) is 4.90 Å². The predicted octanol–water partition coefficient (Wildman–Crippen LogP) is 2.06. The van der Waals surface area contributed by atoms with Crippen LogP contribution in [0.15, 0.2) is 18.2 Å². The average Bonchev–Trinajstić information content (AvgIpc) is 2.81. The summed E-state index contributed by atoms with van der Waals surface area (Å²) >= 11 is 0. The highest BCUT2D eigenvalue weighted by Gasteiger charge is 2.18. The first-order chi connectivity index (χ1) is 9.22. The van der Waals surface area contributed by atoms with Gasteiger partial charge in [-0.1, -0.05) is 6.07 Å². The monoisotopic (exact) mass is 258 g/mol. The Morgan fingerprint density at radius 2 is 2.11 bits per heavy atom. The number of benzene rings is 1. The van der Waals surface area contributed by atoms with Gasteiger partial charge in [0.05, 0.1) is 17.6 Å². The van der Waals surface area contributed by atoms with E-state index in [1.807, 2.05) is 0 Å². The third-order valence-corrected chi connectivity index (χ3v) is 4.02. The van der Waals surface area contributed by atoms with Crippen LogP contribution in [0.3, 0.4) is 0 Å². The van der Waals surface area contributed by atoms with Crippen molar-refractivity contribution >= 4 is 11.0 Å². The fraction of sp³-hybridized carbons (Fsp3) is 0.533. The molecule has 0 spiro atoms. The first-order valence-electron chi connectivity index (χ1n) is 7.08. The summed E-state index contributed by atoms with van der Waals surface area (Å²) in [6, 6.07) is 7.05. The highest BCUT2D eigenvalue weighted by Crippen LogP contribution is 2.16. The first kappa shape index (κ1) is 12.6. The van der Waals surface area contributed by atoms with Crippen LogP contribution in [0.1, 0.15) is 24.2 Å². The Hall–Kier alpha value is -1.39. The van der Waals surface area contributed by atoms with Crippen LogP contribution in [0.25, 0.3) is 11.0 Å². The molecule has 19 heavy (non-hydrogen) atoms. The lowest BCUT2D eigenvalue weighted by molar-refractivity contribution is 0.188.